The molecule has 28 heavy (non-hydrogen) atoms. The van der Waals surface area contributed by atoms with E-state index in [0.717, 1.165) is 5.56 Å². The average Bonchev–Trinajstić information content (AvgIpc) is 2.64. The zero-order chi connectivity index (χ0) is 20.9. The molecule has 7 N–H and O–H groups in total. The lowest BCUT2D eigenvalue weighted by Gasteiger charge is -2.30. The van der Waals surface area contributed by atoms with E-state index < -0.39 is 24.3 Å². The number of anilines is 2. The minimum atomic E-state index is -1.22. The van der Waals surface area contributed by atoms with Gasteiger partial charge in [0, 0.05) is 11.8 Å². The first-order valence-corrected chi connectivity index (χ1v) is 8.55. The molecule has 0 aliphatic carbocycles. The number of urea groups is 1. The number of aliphatic hydroxyl groups is 2. The molecule has 0 spiro atoms. The maximum Gasteiger partial charge on any atom is 0.320 e. The number of nitrogen functional groups attached to an aromatic ring is 1. The number of pyridine rings is 1. The predicted octanol–water partition coefficient (Wildman–Crippen LogP) is 1.76. The van der Waals surface area contributed by atoms with Gasteiger partial charge in [0.1, 0.15) is 5.82 Å². The molecule has 2 amide bonds. The summed E-state index contributed by atoms with van der Waals surface area (Å²) < 4.78 is 4.84. The molecule has 9 heteroatoms. The normalized spacial score (nSPS) is 12.2. The molecule has 0 saturated heterocycles. The van der Waals surface area contributed by atoms with Gasteiger partial charge in [0.15, 0.2) is 0 Å². The number of nitrogens with one attached hydrogen (secondary N) is 3. The average molecular weight is 387 g/mol. The van der Waals surface area contributed by atoms with Crippen LogP contribution in [-0.2, 0) is 11.3 Å². The highest BCUT2D eigenvalue weighted by Gasteiger charge is 2.30. The number of carbonyl (C=O) groups excluding carboxylic acids is 1. The van der Waals surface area contributed by atoms with Gasteiger partial charge in [0.2, 0.25) is 5.90 Å². The molecule has 1 unspecified atom stereocenters. The van der Waals surface area contributed by atoms with E-state index in [0.29, 0.717) is 0 Å². The van der Waals surface area contributed by atoms with Crippen molar-refractivity contribution in [2.24, 2.45) is 0 Å². The summed E-state index contributed by atoms with van der Waals surface area (Å²) in [6, 6.07) is 9.14. The van der Waals surface area contributed by atoms with E-state index in [1.54, 1.807) is 26.0 Å². The van der Waals surface area contributed by atoms with E-state index in [9.17, 15) is 15.0 Å². The third-order valence-electron chi connectivity index (χ3n) is 4.06. The molecule has 0 radical (unpaired) electrons. The van der Waals surface area contributed by atoms with Gasteiger partial charge in [-0.25, -0.2) is 9.78 Å². The van der Waals surface area contributed by atoms with Gasteiger partial charge in [-0.3, -0.25) is 10.7 Å². The second-order valence-electron chi connectivity index (χ2n) is 6.71. The van der Waals surface area contributed by atoms with E-state index in [1.165, 1.54) is 13.2 Å². The van der Waals surface area contributed by atoms with Crippen molar-refractivity contribution in [3.8, 4) is 0 Å². The summed E-state index contributed by atoms with van der Waals surface area (Å²) in [4.78, 5) is 16.6. The van der Waals surface area contributed by atoms with Crippen LogP contribution in [0.15, 0.2) is 36.4 Å². The Bertz CT molecular complexity index is 849. The lowest BCUT2D eigenvalue weighted by molar-refractivity contribution is 0.0415. The number of methoxy groups -OCH3 is 1. The van der Waals surface area contributed by atoms with Crippen molar-refractivity contribution >= 4 is 23.4 Å². The molecule has 2 aromatic rings. The van der Waals surface area contributed by atoms with E-state index in [-0.39, 0.29) is 28.7 Å². The number of nitrogens with zero attached hydrogens (tertiary/aromatic N) is 1. The molecule has 0 saturated carbocycles. The third-order valence-corrected chi connectivity index (χ3v) is 4.06. The zero-order valence-corrected chi connectivity index (χ0v) is 16.0. The lowest BCUT2D eigenvalue weighted by atomic mass is 9.92. The van der Waals surface area contributed by atoms with E-state index in [1.807, 2.05) is 18.2 Å². The van der Waals surface area contributed by atoms with Crippen LogP contribution in [0.5, 0.6) is 0 Å². The Morgan fingerprint density at radius 3 is 2.54 bits per heavy atom. The van der Waals surface area contributed by atoms with Crippen LogP contribution in [0.25, 0.3) is 0 Å². The Morgan fingerprint density at radius 1 is 1.36 bits per heavy atom. The highest BCUT2D eigenvalue weighted by atomic mass is 16.5. The van der Waals surface area contributed by atoms with Gasteiger partial charge in [-0.05, 0) is 19.4 Å². The summed E-state index contributed by atoms with van der Waals surface area (Å²) in [5.41, 5.74) is 5.83. The number of aliphatic hydroxyl groups excluding tert-OH is 1. The molecule has 0 aliphatic rings. The van der Waals surface area contributed by atoms with Crippen molar-refractivity contribution in [2.45, 2.75) is 32.1 Å². The molecule has 1 atom stereocenters. The monoisotopic (exact) mass is 387 g/mol. The third kappa shape index (κ3) is 4.96. The van der Waals surface area contributed by atoms with Crippen LogP contribution < -0.4 is 16.4 Å². The van der Waals surface area contributed by atoms with Crippen molar-refractivity contribution in [1.29, 1.82) is 5.41 Å². The minimum absolute atomic E-state index is 0.0919. The number of carbonyl (C=O) groups is 1. The van der Waals surface area contributed by atoms with Crippen LogP contribution in [0, 0.1) is 5.41 Å². The smallest absolute Gasteiger partial charge is 0.320 e. The second kappa shape index (κ2) is 8.68. The molecule has 2 rings (SSSR count). The van der Waals surface area contributed by atoms with Crippen LogP contribution >= 0.6 is 0 Å². The standard InChI is InChI=1S/C19H25N5O4/c1-19(2,27)16(11-7-5-4-6-8-11)24-18(26)23-14-9-12(20)15(17(21)28-3)13(10-25)22-14/h4-9,16,21,25,27H,10H2,1-3H3,(H4,20,22,23,24,26). The number of aromatic nitrogens is 1. The van der Waals surface area contributed by atoms with Gasteiger partial charge in [0.25, 0.3) is 0 Å². The molecule has 0 bridgehead atoms. The van der Waals surface area contributed by atoms with Crippen molar-refractivity contribution < 1.29 is 19.7 Å². The van der Waals surface area contributed by atoms with Gasteiger partial charge in [-0.1, -0.05) is 30.3 Å². The number of nitrogens with two attached hydrogens (primary N) is 1. The number of hydrogen-bond acceptors (Lipinski definition) is 7. The number of hydrogen-bond donors (Lipinski definition) is 6. The van der Waals surface area contributed by atoms with Crippen LogP contribution in [0.2, 0.25) is 0 Å². The Morgan fingerprint density at radius 2 is 2.00 bits per heavy atom. The highest BCUT2D eigenvalue weighted by molar-refractivity contribution is 5.99. The fourth-order valence-electron chi connectivity index (χ4n) is 2.76. The number of rotatable bonds is 6. The second-order valence-corrected chi connectivity index (χ2v) is 6.71. The zero-order valence-electron chi connectivity index (χ0n) is 16.0. The Hall–Kier alpha value is -3.17. The van der Waals surface area contributed by atoms with E-state index in [4.69, 9.17) is 15.9 Å². The highest BCUT2D eigenvalue weighted by Crippen LogP contribution is 2.26. The van der Waals surface area contributed by atoms with Crippen LogP contribution in [0.4, 0.5) is 16.3 Å². The molecule has 9 nitrogen and oxygen atoms in total. The Balaban J connectivity index is 2.24. The van der Waals surface area contributed by atoms with Crippen molar-refractivity contribution in [3.05, 3.63) is 53.2 Å². The first-order valence-electron chi connectivity index (χ1n) is 8.55. The summed E-state index contributed by atoms with van der Waals surface area (Å²) in [6.07, 6.45) is 0. The molecule has 1 heterocycles. The van der Waals surface area contributed by atoms with Gasteiger partial charge < -0.3 is 26.0 Å². The van der Waals surface area contributed by atoms with Gasteiger partial charge in [0.05, 0.1) is 36.6 Å². The van der Waals surface area contributed by atoms with Gasteiger partial charge >= 0.3 is 6.03 Å². The van der Waals surface area contributed by atoms with Crippen molar-refractivity contribution in [1.82, 2.24) is 10.3 Å². The Kier molecular flexibility index (Phi) is 6.55. The molecule has 1 aromatic heterocycles. The molecule has 0 fully saturated rings. The summed E-state index contributed by atoms with van der Waals surface area (Å²) in [5, 5.41) is 33.0. The number of amides is 2. The van der Waals surface area contributed by atoms with Crippen LogP contribution in [-0.4, -0.2) is 39.8 Å². The summed E-state index contributed by atoms with van der Waals surface area (Å²) in [6.45, 7) is 2.70. The fourth-order valence-corrected chi connectivity index (χ4v) is 2.76. The first kappa shape index (κ1) is 21.1. The maximum absolute atomic E-state index is 12.5. The lowest BCUT2D eigenvalue weighted by Crippen LogP contribution is -2.44. The SMILES string of the molecule is COC(=N)c1c(N)cc(NC(=O)NC(c2ccccc2)C(C)(C)O)nc1CO. The van der Waals surface area contributed by atoms with E-state index >= 15 is 0 Å². The van der Waals surface area contributed by atoms with Crippen LogP contribution in [0.3, 0.4) is 0 Å². The predicted molar refractivity (Wildman–Crippen MR) is 106 cm³/mol. The minimum Gasteiger partial charge on any atom is -0.481 e. The maximum atomic E-state index is 12.5. The van der Waals surface area contributed by atoms with Gasteiger partial charge in [-0.2, -0.15) is 0 Å². The summed E-state index contributed by atoms with van der Waals surface area (Å²) >= 11 is 0. The summed E-state index contributed by atoms with van der Waals surface area (Å²) in [7, 11) is 1.31. The van der Waals surface area contributed by atoms with Crippen LogP contribution in [0.1, 0.15) is 36.7 Å². The Labute approximate surface area is 163 Å². The van der Waals surface area contributed by atoms with Gasteiger partial charge in [-0.15, -0.1) is 0 Å². The molecular weight excluding hydrogens is 362 g/mol. The largest absolute Gasteiger partial charge is 0.481 e. The topological polar surface area (TPSA) is 154 Å². The molecule has 150 valence electrons. The number of benzene rings is 1. The van der Waals surface area contributed by atoms with E-state index in [2.05, 4.69) is 15.6 Å². The first-order chi connectivity index (χ1) is 13.2. The van der Waals surface area contributed by atoms with Crippen molar-refractivity contribution in [3.63, 3.8) is 0 Å². The molecule has 1 aromatic carbocycles. The quantitative estimate of drug-likeness (QED) is 0.328. The summed E-state index contributed by atoms with van der Waals surface area (Å²) in [5.74, 6) is -0.148. The fraction of sp³-hybridized carbons (Fsp3) is 0.316. The molecular formula is C19H25N5O4. The number of ether oxygens (including phenoxy) is 1. The molecule has 0 aliphatic heterocycles. The van der Waals surface area contributed by atoms with Crippen molar-refractivity contribution in [2.75, 3.05) is 18.2 Å².